The van der Waals surface area contributed by atoms with Crippen LogP contribution in [0.25, 0.3) is 0 Å². The minimum absolute atomic E-state index is 0.0984. The zero-order chi connectivity index (χ0) is 22.5. The van der Waals surface area contributed by atoms with E-state index in [-0.39, 0.29) is 42.4 Å². The third kappa shape index (κ3) is 5.23. The normalized spacial score (nSPS) is 19.9. The Labute approximate surface area is 181 Å². The van der Waals surface area contributed by atoms with Crippen LogP contribution in [0.3, 0.4) is 0 Å². The van der Waals surface area contributed by atoms with Crippen LogP contribution in [0.15, 0.2) is 41.6 Å². The number of nitrogens with one attached hydrogen (secondary N) is 1. The van der Waals surface area contributed by atoms with E-state index in [0.29, 0.717) is 0 Å². The monoisotopic (exact) mass is 448 g/mol. The van der Waals surface area contributed by atoms with E-state index < -0.39 is 41.7 Å². The molecular formula is C20H20N2O8S. The van der Waals surface area contributed by atoms with Crippen molar-refractivity contribution in [2.24, 2.45) is 0 Å². The molecule has 2 aliphatic heterocycles. The third-order valence-electron chi connectivity index (χ3n) is 4.72. The highest BCUT2D eigenvalue weighted by atomic mass is 32.2. The Morgan fingerprint density at radius 2 is 1.84 bits per heavy atom. The van der Waals surface area contributed by atoms with Gasteiger partial charge in [-0.05, 0) is 5.56 Å². The van der Waals surface area contributed by atoms with Gasteiger partial charge in [-0.15, -0.1) is 11.8 Å². The number of esters is 1. The molecule has 10 nitrogen and oxygen atoms in total. The summed E-state index contributed by atoms with van der Waals surface area (Å²) in [6, 6.07) is 8.17. The second kappa shape index (κ2) is 9.65. The number of carbonyl (C=O) groups is 5. The average Bonchev–Trinajstić information content (AvgIpc) is 2.74. The summed E-state index contributed by atoms with van der Waals surface area (Å²) in [7, 11) is 0. The van der Waals surface area contributed by atoms with Gasteiger partial charge in [-0.2, -0.15) is 0 Å². The number of thioether (sulfide) groups is 1. The number of carboxylic acid groups (broad SMARTS) is 2. The van der Waals surface area contributed by atoms with E-state index in [0.717, 1.165) is 10.5 Å². The second-order valence-corrected chi connectivity index (χ2v) is 8.03. The van der Waals surface area contributed by atoms with Crippen LogP contribution in [0.4, 0.5) is 0 Å². The molecule has 1 saturated heterocycles. The first-order chi connectivity index (χ1) is 14.8. The average molecular weight is 448 g/mol. The van der Waals surface area contributed by atoms with Crippen LogP contribution in [0.1, 0.15) is 18.4 Å². The highest BCUT2D eigenvalue weighted by Crippen LogP contribution is 2.40. The van der Waals surface area contributed by atoms with Crippen LogP contribution in [0, 0.1) is 0 Å². The quantitative estimate of drug-likeness (QED) is 0.360. The van der Waals surface area contributed by atoms with Crippen molar-refractivity contribution in [1.82, 2.24) is 10.2 Å². The van der Waals surface area contributed by atoms with Crippen molar-refractivity contribution in [2.45, 2.75) is 30.7 Å². The number of fused-ring (bicyclic) bond motifs is 1. The van der Waals surface area contributed by atoms with Gasteiger partial charge >= 0.3 is 17.9 Å². The van der Waals surface area contributed by atoms with Gasteiger partial charge in [0.1, 0.15) is 23.7 Å². The number of β-lactam (4-membered cyclic amide) rings is 1. The Morgan fingerprint density at radius 3 is 2.48 bits per heavy atom. The first-order valence-corrected chi connectivity index (χ1v) is 10.4. The lowest BCUT2D eigenvalue weighted by Crippen LogP contribution is -2.70. The summed E-state index contributed by atoms with van der Waals surface area (Å²) < 4.78 is 4.97. The maximum Gasteiger partial charge on any atom is 0.352 e. The molecule has 11 heteroatoms. The van der Waals surface area contributed by atoms with Gasteiger partial charge in [0, 0.05) is 11.3 Å². The zero-order valence-corrected chi connectivity index (χ0v) is 17.1. The third-order valence-corrected chi connectivity index (χ3v) is 6.06. The summed E-state index contributed by atoms with van der Waals surface area (Å²) in [6.07, 6.45) is -0.629. The maximum absolute atomic E-state index is 12.6. The number of ether oxygens (including phenoxy) is 1. The number of benzene rings is 1. The summed E-state index contributed by atoms with van der Waals surface area (Å²) >= 11 is 1.26. The summed E-state index contributed by atoms with van der Waals surface area (Å²) in [5, 5.41) is 20.3. The molecule has 1 fully saturated rings. The molecule has 0 bridgehead atoms. The second-order valence-electron chi connectivity index (χ2n) is 6.93. The predicted molar refractivity (Wildman–Crippen MR) is 108 cm³/mol. The molecule has 0 radical (unpaired) electrons. The standard InChI is InChI=1S/C20H20N2O8S/c23-13(8-11-4-2-1-3-5-11)21-16-18(27)22-17(20(28)29)12(10-31-19(16)22)9-30-15(26)7-6-14(24)25/h1-5,16,19H,6-10H2,(H,21,23)(H,24,25)(H,28,29)/t16-,19-/m1/s1. The molecule has 2 amide bonds. The van der Waals surface area contributed by atoms with Crippen molar-refractivity contribution < 1.29 is 38.9 Å². The van der Waals surface area contributed by atoms with Crippen molar-refractivity contribution in [3.05, 3.63) is 47.2 Å². The van der Waals surface area contributed by atoms with Crippen LogP contribution < -0.4 is 5.32 Å². The summed E-state index contributed by atoms with van der Waals surface area (Å²) in [5.41, 5.74) is 0.756. The molecule has 3 N–H and O–H groups in total. The largest absolute Gasteiger partial charge is 0.481 e. The Balaban J connectivity index is 1.62. The highest BCUT2D eigenvalue weighted by molar-refractivity contribution is 8.00. The Kier molecular flexibility index (Phi) is 6.95. The van der Waals surface area contributed by atoms with E-state index in [1.54, 1.807) is 24.3 Å². The van der Waals surface area contributed by atoms with Crippen molar-refractivity contribution >= 4 is 41.5 Å². The first kappa shape index (κ1) is 22.3. The maximum atomic E-state index is 12.6. The number of nitrogens with zero attached hydrogens (tertiary/aromatic N) is 1. The molecule has 164 valence electrons. The smallest absolute Gasteiger partial charge is 0.352 e. The topological polar surface area (TPSA) is 150 Å². The fraction of sp³-hybridized carbons (Fsp3) is 0.350. The molecular weight excluding hydrogens is 428 g/mol. The predicted octanol–water partition coefficient (Wildman–Crippen LogP) is 0.376. The fourth-order valence-electron chi connectivity index (χ4n) is 3.25. The SMILES string of the molecule is O=C(O)CCC(=O)OCC1=C(C(=O)O)N2C(=O)[C@@H](NC(=O)Cc3ccccc3)[C@H]2SC1. The lowest BCUT2D eigenvalue weighted by molar-refractivity contribution is -0.151. The molecule has 31 heavy (non-hydrogen) atoms. The molecule has 0 spiro atoms. The van der Waals surface area contributed by atoms with Gasteiger partial charge in [0.15, 0.2) is 0 Å². The molecule has 0 saturated carbocycles. The van der Waals surface area contributed by atoms with Crippen molar-refractivity contribution in [3.8, 4) is 0 Å². The lowest BCUT2D eigenvalue weighted by atomic mass is 10.0. The number of rotatable bonds is 9. The first-order valence-electron chi connectivity index (χ1n) is 9.38. The number of carbonyl (C=O) groups excluding carboxylic acids is 3. The van der Waals surface area contributed by atoms with Crippen molar-refractivity contribution in [1.29, 1.82) is 0 Å². The van der Waals surface area contributed by atoms with Gasteiger partial charge in [0.2, 0.25) is 5.91 Å². The number of carboxylic acids is 2. The van der Waals surface area contributed by atoms with Gasteiger partial charge in [-0.3, -0.25) is 24.1 Å². The van der Waals surface area contributed by atoms with E-state index in [1.165, 1.54) is 11.8 Å². The summed E-state index contributed by atoms with van der Waals surface area (Å²) in [5.74, 6) is -3.97. The molecule has 1 aromatic carbocycles. The van der Waals surface area contributed by atoms with Gasteiger partial charge < -0.3 is 20.3 Å². The number of amides is 2. The van der Waals surface area contributed by atoms with Gasteiger partial charge in [0.05, 0.1) is 19.3 Å². The van der Waals surface area contributed by atoms with E-state index >= 15 is 0 Å². The van der Waals surface area contributed by atoms with E-state index in [4.69, 9.17) is 9.84 Å². The Bertz CT molecular complexity index is 946. The zero-order valence-electron chi connectivity index (χ0n) is 16.3. The summed E-state index contributed by atoms with van der Waals surface area (Å²) in [6.45, 7) is -0.353. The van der Waals surface area contributed by atoms with Crippen LogP contribution in [-0.4, -0.2) is 68.6 Å². The van der Waals surface area contributed by atoms with Crippen molar-refractivity contribution in [2.75, 3.05) is 12.4 Å². The molecule has 2 heterocycles. The van der Waals surface area contributed by atoms with Gasteiger partial charge in [-0.1, -0.05) is 30.3 Å². The number of hydrogen-bond donors (Lipinski definition) is 3. The molecule has 0 aliphatic carbocycles. The molecule has 0 aromatic heterocycles. The fourth-order valence-corrected chi connectivity index (χ4v) is 4.58. The molecule has 3 rings (SSSR count). The molecule has 2 aliphatic rings. The Hall–Kier alpha value is -3.34. The van der Waals surface area contributed by atoms with Crippen molar-refractivity contribution in [3.63, 3.8) is 0 Å². The van der Waals surface area contributed by atoms with Gasteiger partial charge in [0.25, 0.3) is 5.91 Å². The highest BCUT2D eigenvalue weighted by Gasteiger charge is 2.54. The minimum Gasteiger partial charge on any atom is -0.481 e. The van der Waals surface area contributed by atoms with Crippen LogP contribution in [0.5, 0.6) is 0 Å². The minimum atomic E-state index is -1.34. The molecule has 0 unspecified atom stereocenters. The van der Waals surface area contributed by atoms with Crippen LogP contribution in [0.2, 0.25) is 0 Å². The van der Waals surface area contributed by atoms with E-state index in [9.17, 15) is 29.1 Å². The van der Waals surface area contributed by atoms with E-state index in [2.05, 4.69) is 5.32 Å². The van der Waals surface area contributed by atoms with E-state index in [1.807, 2.05) is 6.07 Å². The molecule has 2 atom stereocenters. The number of hydrogen-bond acceptors (Lipinski definition) is 7. The summed E-state index contributed by atoms with van der Waals surface area (Å²) in [4.78, 5) is 59.9. The van der Waals surface area contributed by atoms with Crippen LogP contribution in [-0.2, 0) is 35.1 Å². The van der Waals surface area contributed by atoms with Gasteiger partial charge in [-0.25, -0.2) is 4.79 Å². The lowest BCUT2D eigenvalue weighted by Gasteiger charge is -2.49. The Morgan fingerprint density at radius 1 is 1.13 bits per heavy atom. The number of aliphatic carboxylic acids is 2. The molecule has 1 aromatic rings. The van der Waals surface area contributed by atoms with Crippen LogP contribution >= 0.6 is 11.8 Å².